The lowest BCUT2D eigenvalue weighted by atomic mass is 9.92. The zero-order valence-corrected chi connectivity index (χ0v) is 22.2. The zero-order chi connectivity index (χ0) is 24.9. The zero-order valence-electron chi connectivity index (χ0n) is 22.2. The highest BCUT2D eigenvalue weighted by molar-refractivity contribution is 5.88. The molecule has 0 fully saturated rings. The molecule has 2 heteroatoms. The van der Waals surface area contributed by atoms with Crippen LogP contribution in [0.2, 0.25) is 0 Å². The predicted octanol–water partition coefficient (Wildman–Crippen LogP) is 9.52. The number of allylic oxidation sites excluding steroid dienone is 5. The highest BCUT2D eigenvalue weighted by atomic mass is 15.0. The summed E-state index contributed by atoms with van der Waals surface area (Å²) in [5.41, 5.74) is 7.22. The van der Waals surface area contributed by atoms with E-state index in [0.29, 0.717) is 11.8 Å². The minimum atomic E-state index is 0.685. The van der Waals surface area contributed by atoms with Crippen LogP contribution in [0.15, 0.2) is 74.0 Å². The number of nitrogens with zero attached hydrogens (tertiary/aromatic N) is 1. The van der Waals surface area contributed by atoms with Crippen LogP contribution in [0.1, 0.15) is 83.5 Å². The lowest BCUT2D eigenvalue weighted by Gasteiger charge is -2.18. The van der Waals surface area contributed by atoms with E-state index in [1.165, 1.54) is 35.2 Å². The van der Waals surface area contributed by atoms with E-state index in [0.717, 1.165) is 43.6 Å². The highest BCUT2D eigenvalue weighted by Gasteiger charge is 2.20. The fraction of sp³-hybridized carbons (Fsp3) is 0.438. The van der Waals surface area contributed by atoms with Crippen LogP contribution in [0.25, 0.3) is 11.3 Å². The SMILES string of the molecule is C=CCC(C)CC(C)CCn1cc(C(/C=C\CC)=C/CC)c(C(=C)Nc2ccccc2)c1CC. The molecule has 1 aromatic carbocycles. The summed E-state index contributed by atoms with van der Waals surface area (Å²) in [6.45, 7) is 20.8. The lowest BCUT2D eigenvalue weighted by Crippen LogP contribution is -2.09. The van der Waals surface area contributed by atoms with Gasteiger partial charge in [-0.25, -0.2) is 0 Å². The minimum absolute atomic E-state index is 0.685. The average Bonchev–Trinajstić information content (AvgIpc) is 3.19. The summed E-state index contributed by atoms with van der Waals surface area (Å²) >= 11 is 0. The number of anilines is 1. The van der Waals surface area contributed by atoms with Gasteiger partial charge < -0.3 is 9.88 Å². The summed E-state index contributed by atoms with van der Waals surface area (Å²) in [5.74, 6) is 1.38. The van der Waals surface area contributed by atoms with E-state index >= 15 is 0 Å². The highest BCUT2D eigenvalue weighted by Crippen LogP contribution is 2.33. The van der Waals surface area contributed by atoms with E-state index in [9.17, 15) is 0 Å². The summed E-state index contributed by atoms with van der Waals surface area (Å²) in [6.07, 6.45) is 17.8. The molecular weight excluding hydrogens is 412 g/mol. The largest absolute Gasteiger partial charge is 0.355 e. The minimum Gasteiger partial charge on any atom is -0.355 e. The molecule has 1 heterocycles. The molecule has 0 bridgehead atoms. The number of benzene rings is 1. The Morgan fingerprint density at radius 2 is 1.79 bits per heavy atom. The van der Waals surface area contributed by atoms with Crippen molar-refractivity contribution in [3.8, 4) is 0 Å². The summed E-state index contributed by atoms with van der Waals surface area (Å²) in [6, 6.07) is 10.4. The van der Waals surface area contributed by atoms with E-state index in [1.54, 1.807) is 0 Å². The third kappa shape index (κ3) is 7.94. The molecule has 34 heavy (non-hydrogen) atoms. The van der Waals surface area contributed by atoms with Crippen LogP contribution in [0.3, 0.4) is 0 Å². The van der Waals surface area contributed by atoms with Crippen molar-refractivity contribution in [2.24, 2.45) is 11.8 Å². The first-order valence-corrected chi connectivity index (χ1v) is 13.2. The maximum Gasteiger partial charge on any atom is 0.0409 e. The fourth-order valence-electron chi connectivity index (χ4n) is 4.77. The first kappa shape index (κ1) is 27.5. The molecule has 0 aliphatic heterocycles. The second-order valence-corrected chi connectivity index (χ2v) is 9.52. The second-order valence-electron chi connectivity index (χ2n) is 9.52. The van der Waals surface area contributed by atoms with Crippen molar-refractivity contribution in [3.05, 3.63) is 90.8 Å². The Bertz CT molecular complexity index is 958. The summed E-state index contributed by atoms with van der Waals surface area (Å²) in [5, 5.41) is 3.58. The molecule has 0 saturated carbocycles. The quantitative estimate of drug-likeness (QED) is 0.208. The molecule has 2 unspecified atom stereocenters. The van der Waals surface area contributed by atoms with Crippen molar-refractivity contribution >= 4 is 17.0 Å². The average molecular weight is 459 g/mol. The van der Waals surface area contributed by atoms with Crippen LogP contribution in [0.4, 0.5) is 5.69 Å². The number of para-hydroxylation sites is 1. The van der Waals surface area contributed by atoms with Crippen molar-refractivity contribution < 1.29 is 0 Å². The Hall–Kier alpha value is -2.74. The lowest BCUT2D eigenvalue weighted by molar-refractivity contribution is 0.377. The van der Waals surface area contributed by atoms with E-state index in [2.05, 4.69) is 106 Å². The number of aryl methyl sites for hydroxylation is 1. The van der Waals surface area contributed by atoms with Gasteiger partial charge in [-0.3, -0.25) is 0 Å². The fourth-order valence-corrected chi connectivity index (χ4v) is 4.77. The Morgan fingerprint density at radius 3 is 2.41 bits per heavy atom. The van der Waals surface area contributed by atoms with Gasteiger partial charge in [0.05, 0.1) is 0 Å². The topological polar surface area (TPSA) is 17.0 Å². The van der Waals surface area contributed by atoms with Crippen LogP contribution in [-0.2, 0) is 13.0 Å². The third-order valence-electron chi connectivity index (χ3n) is 6.40. The molecule has 0 amide bonds. The smallest absolute Gasteiger partial charge is 0.0409 e. The van der Waals surface area contributed by atoms with Crippen molar-refractivity contribution in [2.75, 3.05) is 5.32 Å². The molecule has 0 radical (unpaired) electrons. The standard InChI is InChI=1S/C32H46N2/c1-8-12-18-28(17-10-3)30-24-34(22-21-26(6)23-25(5)16-9-2)31(11-4)32(30)27(7)33-29-19-14-13-15-20-29/h9,12-15,17-20,24-26,33H,2,7-8,10-11,16,21-23H2,1,3-6H3/b18-12-,28-17+. The van der Waals surface area contributed by atoms with Gasteiger partial charge in [-0.1, -0.05) is 83.7 Å². The van der Waals surface area contributed by atoms with Crippen LogP contribution in [-0.4, -0.2) is 4.57 Å². The van der Waals surface area contributed by atoms with Crippen LogP contribution in [0, 0.1) is 11.8 Å². The number of nitrogens with one attached hydrogen (secondary N) is 1. The van der Waals surface area contributed by atoms with E-state index < -0.39 is 0 Å². The predicted molar refractivity (Wildman–Crippen MR) is 153 cm³/mol. The molecular formula is C32H46N2. The van der Waals surface area contributed by atoms with Gasteiger partial charge in [0.15, 0.2) is 0 Å². The van der Waals surface area contributed by atoms with Crippen molar-refractivity contribution in [1.82, 2.24) is 4.57 Å². The Kier molecular flexibility index (Phi) is 11.7. The molecule has 1 aromatic heterocycles. The van der Waals surface area contributed by atoms with Crippen LogP contribution >= 0.6 is 0 Å². The summed E-state index contributed by atoms with van der Waals surface area (Å²) in [4.78, 5) is 0. The molecule has 2 nitrogen and oxygen atoms in total. The monoisotopic (exact) mass is 458 g/mol. The molecule has 184 valence electrons. The van der Waals surface area contributed by atoms with Gasteiger partial charge in [-0.15, -0.1) is 6.58 Å². The van der Waals surface area contributed by atoms with Crippen molar-refractivity contribution in [2.45, 2.75) is 79.7 Å². The summed E-state index contributed by atoms with van der Waals surface area (Å²) < 4.78 is 2.49. The molecule has 0 aliphatic rings. The Labute approximate surface area is 209 Å². The number of aromatic nitrogens is 1. The first-order valence-electron chi connectivity index (χ1n) is 13.2. The van der Waals surface area contributed by atoms with Gasteiger partial charge in [0.1, 0.15) is 0 Å². The van der Waals surface area contributed by atoms with E-state index in [-0.39, 0.29) is 0 Å². The van der Waals surface area contributed by atoms with Gasteiger partial charge in [-0.05, 0) is 68.1 Å². The molecule has 1 N–H and O–H groups in total. The molecule has 2 atom stereocenters. The molecule has 0 spiro atoms. The maximum absolute atomic E-state index is 4.50. The molecule has 2 rings (SSSR count). The van der Waals surface area contributed by atoms with Crippen LogP contribution < -0.4 is 5.32 Å². The van der Waals surface area contributed by atoms with E-state index in [1.807, 2.05) is 12.1 Å². The molecule has 0 aliphatic carbocycles. The Morgan fingerprint density at radius 1 is 1.06 bits per heavy atom. The van der Waals surface area contributed by atoms with Gasteiger partial charge in [-0.2, -0.15) is 0 Å². The van der Waals surface area contributed by atoms with Gasteiger partial charge in [0, 0.05) is 40.9 Å². The van der Waals surface area contributed by atoms with Crippen molar-refractivity contribution in [1.29, 1.82) is 0 Å². The van der Waals surface area contributed by atoms with Crippen molar-refractivity contribution in [3.63, 3.8) is 0 Å². The van der Waals surface area contributed by atoms with E-state index in [4.69, 9.17) is 0 Å². The molecule has 2 aromatic rings. The van der Waals surface area contributed by atoms with Gasteiger partial charge in [0.25, 0.3) is 0 Å². The second kappa shape index (κ2) is 14.5. The number of hydrogen-bond donors (Lipinski definition) is 1. The summed E-state index contributed by atoms with van der Waals surface area (Å²) in [7, 11) is 0. The van der Waals surface area contributed by atoms with Crippen LogP contribution in [0.5, 0.6) is 0 Å². The number of hydrogen-bond acceptors (Lipinski definition) is 1. The first-order chi connectivity index (χ1) is 16.4. The van der Waals surface area contributed by atoms with Gasteiger partial charge >= 0.3 is 0 Å². The Balaban J connectivity index is 2.42. The molecule has 0 saturated heterocycles. The maximum atomic E-state index is 4.50. The third-order valence-corrected chi connectivity index (χ3v) is 6.40. The normalized spacial score (nSPS) is 13.7. The number of rotatable bonds is 15. The van der Waals surface area contributed by atoms with Gasteiger partial charge in [0.2, 0.25) is 0 Å².